The second-order valence-corrected chi connectivity index (χ2v) is 5.49. The number of anilines is 1. The van der Waals surface area contributed by atoms with Gasteiger partial charge in [-0.2, -0.15) is 0 Å². The van der Waals surface area contributed by atoms with Crippen LogP contribution >= 0.6 is 15.9 Å². The quantitative estimate of drug-likeness (QED) is 0.897. The summed E-state index contributed by atoms with van der Waals surface area (Å²) < 4.78 is 0.979. The average Bonchev–Trinajstić information content (AvgIpc) is 2.23. The Morgan fingerprint density at radius 1 is 1.47 bits per heavy atom. The smallest absolute Gasteiger partial charge is 0.241 e. The lowest BCUT2D eigenvalue weighted by Crippen LogP contribution is -2.36. The molecule has 1 amide bonds. The Kier molecular flexibility index (Phi) is 5.15. The van der Waals surface area contributed by atoms with E-state index in [1.165, 1.54) is 0 Å². The zero-order chi connectivity index (χ0) is 13.0. The summed E-state index contributed by atoms with van der Waals surface area (Å²) in [5.74, 6) is 0.291. The topological polar surface area (TPSA) is 55.1 Å². The lowest BCUT2D eigenvalue weighted by Gasteiger charge is -2.15. The molecular weight excluding hydrogens is 280 g/mol. The van der Waals surface area contributed by atoms with Crippen LogP contribution in [0.2, 0.25) is 0 Å². The van der Waals surface area contributed by atoms with Crippen molar-refractivity contribution in [2.24, 2.45) is 11.7 Å². The number of hydrogen-bond donors (Lipinski definition) is 2. The highest BCUT2D eigenvalue weighted by Gasteiger charge is 2.15. The lowest BCUT2D eigenvalue weighted by molar-refractivity contribution is -0.117. The molecule has 0 aliphatic heterocycles. The van der Waals surface area contributed by atoms with E-state index in [4.69, 9.17) is 5.73 Å². The molecule has 3 nitrogen and oxygen atoms in total. The van der Waals surface area contributed by atoms with E-state index in [-0.39, 0.29) is 5.91 Å². The zero-order valence-corrected chi connectivity index (χ0v) is 12.0. The molecule has 0 saturated carbocycles. The minimum absolute atomic E-state index is 0.125. The summed E-state index contributed by atoms with van der Waals surface area (Å²) in [6.07, 6.45) is 0.693. The van der Waals surface area contributed by atoms with E-state index in [1.807, 2.05) is 25.1 Å². The van der Waals surface area contributed by atoms with Crippen LogP contribution in [0, 0.1) is 12.8 Å². The maximum atomic E-state index is 11.9. The number of halogens is 1. The van der Waals surface area contributed by atoms with Gasteiger partial charge < -0.3 is 11.1 Å². The minimum Gasteiger partial charge on any atom is -0.324 e. The van der Waals surface area contributed by atoms with Crippen molar-refractivity contribution in [3.05, 3.63) is 28.2 Å². The largest absolute Gasteiger partial charge is 0.324 e. The van der Waals surface area contributed by atoms with Crippen LogP contribution in [0.1, 0.15) is 25.8 Å². The molecule has 3 N–H and O–H groups in total. The highest BCUT2D eigenvalue weighted by molar-refractivity contribution is 9.10. The molecule has 1 rings (SSSR count). The maximum absolute atomic E-state index is 11.9. The summed E-state index contributed by atoms with van der Waals surface area (Å²) >= 11 is 3.43. The third-order valence-electron chi connectivity index (χ3n) is 2.59. The van der Waals surface area contributed by atoms with E-state index in [1.54, 1.807) is 0 Å². The molecule has 0 heterocycles. The summed E-state index contributed by atoms with van der Waals surface area (Å²) in [5, 5.41) is 2.86. The molecule has 0 fully saturated rings. The van der Waals surface area contributed by atoms with Crippen molar-refractivity contribution in [1.82, 2.24) is 0 Å². The molecule has 1 aromatic carbocycles. The molecule has 0 aromatic heterocycles. The number of nitrogens with one attached hydrogen (secondary N) is 1. The molecule has 0 bridgehead atoms. The van der Waals surface area contributed by atoms with Crippen LogP contribution in [0.25, 0.3) is 0 Å². The van der Waals surface area contributed by atoms with Crippen molar-refractivity contribution in [3.63, 3.8) is 0 Å². The van der Waals surface area contributed by atoms with Gasteiger partial charge in [-0.1, -0.05) is 35.8 Å². The Morgan fingerprint density at radius 2 is 2.12 bits per heavy atom. The number of nitrogens with two attached hydrogens (primary N) is 1. The average molecular weight is 299 g/mol. The maximum Gasteiger partial charge on any atom is 0.241 e. The standard InChI is InChI=1S/C13H19BrN2O/c1-8(2)7-11(15)13(17)16-12-6-4-5-10(14)9(12)3/h4-6,8,11H,7,15H2,1-3H3,(H,16,17)/t11-/m0/s1. The molecule has 0 aliphatic rings. The van der Waals surface area contributed by atoms with Crippen molar-refractivity contribution in [2.45, 2.75) is 33.2 Å². The predicted molar refractivity (Wildman–Crippen MR) is 74.9 cm³/mol. The van der Waals surface area contributed by atoms with Crippen LogP contribution in [0.15, 0.2) is 22.7 Å². The van der Waals surface area contributed by atoms with Gasteiger partial charge in [-0.25, -0.2) is 0 Å². The third-order valence-corrected chi connectivity index (χ3v) is 3.45. The SMILES string of the molecule is Cc1c(Br)cccc1NC(=O)[C@@H](N)CC(C)C. The number of hydrogen-bond acceptors (Lipinski definition) is 2. The summed E-state index contributed by atoms with van der Waals surface area (Å²) in [7, 11) is 0. The van der Waals surface area contributed by atoms with E-state index >= 15 is 0 Å². The van der Waals surface area contributed by atoms with Gasteiger partial charge in [-0.15, -0.1) is 0 Å². The molecular formula is C13H19BrN2O. The van der Waals surface area contributed by atoms with Gasteiger partial charge in [0.2, 0.25) is 5.91 Å². The van der Waals surface area contributed by atoms with E-state index < -0.39 is 6.04 Å². The second kappa shape index (κ2) is 6.17. The number of amides is 1. The minimum atomic E-state index is -0.451. The Bertz CT molecular complexity index is 404. The van der Waals surface area contributed by atoms with Gasteiger partial charge in [0.15, 0.2) is 0 Å². The Balaban J connectivity index is 2.71. The van der Waals surface area contributed by atoms with Gasteiger partial charge in [-0.05, 0) is 37.0 Å². The van der Waals surface area contributed by atoms with Gasteiger partial charge in [0.25, 0.3) is 0 Å². The van der Waals surface area contributed by atoms with Crippen LogP contribution in [0.3, 0.4) is 0 Å². The van der Waals surface area contributed by atoms with Gasteiger partial charge >= 0.3 is 0 Å². The molecule has 4 heteroatoms. The molecule has 0 saturated heterocycles. The number of rotatable bonds is 4. The van der Waals surface area contributed by atoms with E-state index in [9.17, 15) is 4.79 Å². The second-order valence-electron chi connectivity index (χ2n) is 4.64. The Hall–Kier alpha value is -0.870. The molecule has 1 atom stereocenters. The highest BCUT2D eigenvalue weighted by Crippen LogP contribution is 2.23. The molecule has 17 heavy (non-hydrogen) atoms. The number of benzene rings is 1. The molecule has 1 aromatic rings. The Morgan fingerprint density at radius 3 is 2.71 bits per heavy atom. The first-order valence-corrected chi connectivity index (χ1v) is 6.52. The number of carbonyl (C=O) groups is 1. The Labute approximate surface area is 111 Å². The molecule has 0 unspecified atom stereocenters. The van der Waals surface area contributed by atoms with Gasteiger partial charge in [-0.3, -0.25) is 4.79 Å². The van der Waals surface area contributed by atoms with Crippen molar-refractivity contribution >= 4 is 27.5 Å². The van der Waals surface area contributed by atoms with Crippen LogP contribution < -0.4 is 11.1 Å². The molecule has 0 radical (unpaired) electrons. The van der Waals surface area contributed by atoms with Crippen molar-refractivity contribution in [2.75, 3.05) is 5.32 Å². The lowest BCUT2D eigenvalue weighted by atomic mass is 10.0. The first-order valence-electron chi connectivity index (χ1n) is 5.73. The summed E-state index contributed by atoms with van der Waals surface area (Å²) in [6.45, 7) is 6.06. The summed E-state index contributed by atoms with van der Waals surface area (Å²) in [5.41, 5.74) is 7.65. The van der Waals surface area contributed by atoms with Gasteiger partial charge in [0, 0.05) is 10.2 Å². The third kappa shape index (κ3) is 4.13. The monoisotopic (exact) mass is 298 g/mol. The molecule has 0 aliphatic carbocycles. The van der Waals surface area contributed by atoms with Crippen molar-refractivity contribution in [1.29, 1.82) is 0 Å². The summed E-state index contributed by atoms with van der Waals surface area (Å²) in [4.78, 5) is 11.9. The van der Waals surface area contributed by atoms with Crippen LogP contribution in [0.4, 0.5) is 5.69 Å². The van der Waals surface area contributed by atoms with E-state index in [0.29, 0.717) is 12.3 Å². The van der Waals surface area contributed by atoms with Crippen LogP contribution in [-0.4, -0.2) is 11.9 Å². The zero-order valence-electron chi connectivity index (χ0n) is 10.5. The van der Waals surface area contributed by atoms with E-state index in [2.05, 4.69) is 35.1 Å². The summed E-state index contributed by atoms with van der Waals surface area (Å²) in [6, 6.07) is 5.26. The van der Waals surface area contributed by atoms with Gasteiger partial charge in [0.1, 0.15) is 0 Å². The van der Waals surface area contributed by atoms with Crippen molar-refractivity contribution < 1.29 is 4.79 Å². The van der Waals surface area contributed by atoms with Crippen LogP contribution in [-0.2, 0) is 4.79 Å². The van der Waals surface area contributed by atoms with Gasteiger partial charge in [0.05, 0.1) is 6.04 Å². The van der Waals surface area contributed by atoms with Crippen LogP contribution in [0.5, 0.6) is 0 Å². The first-order chi connectivity index (χ1) is 7.91. The van der Waals surface area contributed by atoms with E-state index in [0.717, 1.165) is 15.7 Å². The fourth-order valence-corrected chi connectivity index (χ4v) is 1.95. The fourth-order valence-electron chi connectivity index (χ4n) is 1.58. The number of carbonyl (C=O) groups excluding carboxylic acids is 1. The molecule has 94 valence electrons. The molecule has 0 spiro atoms. The first kappa shape index (κ1) is 14.2. The normalized spacial score (nSPS) is 12.6. The van der Waals surface area contributed by atoms with Crippen molar-refractivity contribution in [3.8, 4) is 0 Å². The predicted octanol–water partition coefficient (Wildman–Crippen LogP) is 3.07. The highest BCUT2D eigenvalue weighted by atomic mass is 79.9. The fraction of sp³-hybridized carbons (Fsp3) is 0.462.